The van der Waals surface area contributed by atoms with E-state index in [4.69, 9.17) is 4.74 Å². The molecule has 10 heteroatoms. The Morgan fingerprint density at radius 1 is 1.36 bits per heavy atom. The second kappa shape index (κ2) is 7.56. The largest absolute Gasteiger partial charge is 0.384 e. The summed E-state index contributed by atoms with van der Waals surface area (Å²) in [7, 11) is -1.99. The lowest BCUT2D eigenvalue weighted by Crippen LogP contribution is -2.47. The number of sulfonamides is 1. The lowest BCUT2D eigenvalue weighted by Gasteiger charge is -2.37. The Balaban J connectivity index is 1.76. The van der Waals surface area contributed by atoms with E-state index >= 15 is 0 Å². The predicted octanol–water partition coefficient (Wildman–Crippen LogP) is -0.0432. The fourth-order valence-corrected chi connectivity index (χ4v) is 4.24. The van der Waals surface area contributed by atoms with Gasteiger partial charge in [0.05, 0.1) is 17.2 Å². The third-order valence-electron chi connectivity index (χ3n) is 4.49. The molecule has 1 fully saturated rings. The van der Waals surface area contributed by atoms with Gasteiger partial charge in [0.1, 0.15) is 6.33 Å². The van der Waals surface area contributed by atoms with E-state index < -0.39 is 10.0 Å². The summed E-state index contributed by atoms with van der Waals surface area (Å²) in [5.41, 5.74) is 0.405. The number of aromatic nitrogens is 4. The van der Waals surface area contributed by atoms with E-state index in [-0.39, 0.29) is 10.3 Å². The van der Waals surface area contributed by atoms with Gasteiger partial charge in [0.25, 0.3) is 0 Å². The average molecular weight is 366 g/mol. The Kier molecular flexibility index (Phi) is 5.42. The van der Waals surface area contributed by atoms with Gasteiger partial charge in [-0.05, 0) is 54.6 Å². The van der Waals surface area contributed by atoms with Crippen molar-refractivity contribution in [2.75, 3.05) is 33.4 Å². The van der Waals surface area contributed by atoms with Gasteiger partial charge in [-0.25, -0.2) is 17.8 Å². The molecule has 3 rings (SSSR count). The Bertz CT molecular complexity index is 782. The highest BCUT2D eigenvalue weighted by Crippen LogP contribution is 2.29. The Hall–Kier alpha value is -1.88. The molecular formula is C15H22N6O3S. The first-order valence-corrected chi connectivity index (χ1v) is 9.56. The molecule has 0 bridgehead atoms. The van der Waals surface area contributed by atoms with Crippen LogP contribution in [0.4, 0.5) is 0 Å². The zero-order chi connectivity index (χ0) is 17.8. The van der Waals surface area contributed by atoms with Gasteiger partial charge in [0.2, 0.25) is 10.0 Å². The molecule has 2 aromatic rings. The van der Waals surface area contributed by atoms with E-state index in [1.165, 1.54) is 11.0 Å². The molecule has 9 nitrogen and oxygen atoms in total. The molecule has 0 saturated carbocycles. The maximum Gasteiger partial charge on any atom is 0.240 e. The fraction of sp³-hybridized carbons (Fsp3) is 0.533. The molecule has 1 aliphatic rings. The lowest BCUT2D eigenvalue weighted by atomic mass is 9.80. The zero-order valence-corrected chi connectivity index (χ0v) is 14.9. The highest BCUT2D eigenvalue weighted by Gasteiger charge is 2.33. The molecule has 0 radical (unpaired) electrons. The first-order chi connectivity index (χ1) is 12.0. The van der Waals surface area contributed by atoms with Crippen LogP contribution in [0.2, 0.25) is 0 Å². The number of nitrogens with zero attached hydrogens (tertiary/aromatic N) is 4. The molecule has 0 unspecified atom stereocenters. The van der Waals surface area contributed by atoms with Crippen LogP contribution >= 0.6 is 0 Å². The highest BCUT2D eigenvalue weighted by molar-refractivity contribution is 7.89. The third-order valence-corrected chi connectivity index (χ3v) is 5.89. The van der Waals surface area contributed by atoms with E-state index in [0.717, 1.165) is 25.9 Å². The van der Waals surface area contributed by atoms with Crippen molar-refractivity contribution in [2.24, 2.45) is 5.41 Å². The molecule has 1 aliphatic heterocycles. The van der Waals surface area contributed by atoms with E-state index in [1.54, 1.807) is 31.4 Å². The first-order valence-electron chi connectivity index (χ1n) is 8.07. The van der Waals surface area contributed by atoms with Crippen molar-refractivity contribution < 1.29 is 13.2 Å². The number of hydrogen-bond donors (Lipinski definition) is 2. The van der Waals surface area contributed by atoms with Crippen LogP contribution in [0.3, 0.4) is 0 Å². The van der Waals surface area contributed by atoms with Gasteiger partial charge in [0, 0.05) is 19.1 Å². The van der Waals surface area contributed by atoms with Crippen LogP contribution in [0, 0.1) is 5.41 Å². The molecule has 2 N–H and O–H groups in total. The van der Waals surface area contributed by atoms with Gasteiger partial charge >= 0.3 is 0 Å². The van der Waals surface area contributed by atoms with Crippen LogP contribution in [-0.4, -0.2) is 62.0 Å². The SMILES string of the molecule is COCC1(CNS(=O)(=O)c2cccc(-n3cnnn3)c2)CCNCC1. The molecule has 0 amide bonds. The molecule has 0 atom stereocenters. The molecule has 0 aliphatic carbocycles. The zero-order valence-electron chi connectivity index (χ0n) is 14.1. The minimum atomic E-state index is -3.64. The molecule has 136 valence electrons. The third kappa shape index (κ3) is 4.21. The van der Waals surface area contributed by atoms with Crippen molar-refractivity contribution in [3.63, 3.8) is 0 Å². The van der Waals surface area contributed by atoms with Crippen LogP contribution in [-0.2, 0) is 14.8 Å². The number of tetrazole rings is 1. The topological polar surface area (TPSA) is 111 Å². The predicted molar refractivity (Wildman–Crippen MR) is 90.8 cm³/mol. The quantitative estimate of drug-likeness (QED) is 0.707. The summed E-state index contributed by atoms with van der Waals surface area (Å²) in [6, 6.07) is 6.52. The summed E-state index contributed by atoms with van der Waals surface area (Å²) in [6.45, 7) is 2.60. The Labute approximate surface area is 146 Å². The standard InChI is InChI=1S/C15H22N6O3S/c1-24-11-15(5-7-16-8-6-15)10-18-25(22,23)14-4-2-3-13(9-14)21-12-17-19-20-21/h2-4,9,12,16,18H,5-8,10-11H2,1H3. The van der Waals surface area contributed by atoms with E-state index in [2.05, 4.69) is 25.6 Å². The smallest absolute Gasteiger partial charge is 0.240 e. The van der Waals surface area contributed by atoms with Crippen molar-refractivity contribution in [3.05, 3.63) is 30.6 Å². The molecule has 2 heterocycles. The van der Waals surface area contributed by atoms with Gasteiger partial charge < -0.3 is 10.1 Å². The van der Waals surface area contributed by atoms with Gasteiger partial charge in [-0.3, -0.25) is 0 Å². The molecule has 1 saturated heterocycles. The van der Waals surface area contributed by atoms with Crippen molar-refractivity contribution in [1.82, 2.24) is 30.2 Å². The van der Waals surface area contributed by atoms with E-state index in [9.17, 15) is 8.42 Å². The molecule has 0 spiro atoms. The number of hydrogen-bond acceptors (Lipinski definition) is 7. The summed E-state index contributed by atoms with van der Waals surface area (Å²) >= 11 is 0. The molecular weight excluding hydrogens is 344 g/mol. The summed E-state index contributed by atoms with van der Waals surface area (Å²) in [4.78, 5) is 0.182. The van der Waals surface area contributed by atoms with E-state index in [0.29, 0.717) is 18.8 Å². The van der Waals surface area contributed by atoms with Crippen molar-refractivity contribution in [1.29, 1.82) is 0 Å². The number of nitrogens with one attached hydrogen (secondary N) is 2. The van der Waals surface area contributed by atoms with Gasteiger partial charge in [0.15, 0.2) is 0 Å². The monoisotopic (exact) mass is 366 g/mol. The van der Waals surface area contributed by atoms with Crippen LogP contribution < -0.4 is 10.0 Å². The van der Waals surface area contributed by atoms with Crippen molar-refractivity contribution in [2.45, 2.75) is 17.7 Å². The molecule has 25 heavy (non-hydrogen) atoms. The minimum absolute atomic E-state index is 0.180. The van der Waals surface area contributed by atoms with Crippen LogP contribution in [0.1, 0.15) is 12.8 Å². The van der Waals surface area contributed by atoms with E-state index in [1.807, 2.05) is 0 Å². The summed E-state index contributed by atoms with van der Waals surface area (Å²) in [5, 5.41) is 14.2. The normalized spacial score (nSPS) is 17.5. The summed E-state index contributed by atoms with van der Waals surface area (Å²) < 4.78 is 34.9. The minimum Gasteiger partial charge on any atom is -0.384 e. The average Bonchev–Trinajstić information content (AvgIpc) is 3.16. The first kappa shape index (κ1) is 17.9. The number of benzene rings is 1. The number of rotatable bonds is 7. The second-order valence-electron chi connectivity index (χ2n) is 6.26. The van der Waals surface area contributed by atoms with Gasteiger partial charge in [-0.15, -0.1) is 5.10 Å². The maximum absolute atomic E-state index is 12.7. The second-order valence-corrected chi connectivity index (χ2v) is 8.03. The van der Waals surface area contributed by atoms with Crippen molar-refractivity contribution >= 4 is 10.0 Å². The summed E-state index contributed by atoms with van der Waals surface area (Å²) in [6.07, 6.45) is 3.16. The fourth-order valence-electron chi connectivity index (χ4n) is 3.04. The summed E-state index contributed by atoms with van der Waals surface area (Å²) in [5.74, 6) is 0. The van der Waals surface area contributed by atoms with Crippen LogP contribution in [0.5, 0.6) is 0 Å². The molecule has 1 aromatic carbocycles. The highest BCUT2D eigenvalue weighted by atomic mass is 32.2. The van der Waals surface area contributed by atoms with Crippen molar-refractivity contribution in [3.8, 4) is 5.69 Å². The Morgan fingerprint density at radius 2 is 2.16 bits per heavy atom. The van der Waals surface area contributed by atoms with Gasteiger partial charge in [-0.2, -0.15) is 0 Å². The van der Waals surface area contributed by atoms with Crippen LogP contribution in [0.15, 0.2) is 35.5 Å². The number of methoxy groups -OCH3 is 1. The molecule has 1 aromatic heterocycles. The number of piperidine rings is 1. The lowest BCUT2D eigenvalue weighted by molar-refractivity contribution is 0.0577. The van der Waals surface area contributed by atoms with Gasteiger partial charge in [-0.1, -0.05) is 6.07 Å². The Morgan fingerprint density at radius 3 is 2.84 bits per heavy atom. The number of ether oxygens (including phenoxy) is 1. The maximum atomic E-state index is 12.7. The van der Waals surface area contributed by atoms with Crippen LogP contribution in [0.25, 0.3) is 5.69 Å².